The van der Waals surface area contributed by atoms with Crippen molar-refractivity contribution in [1.29, 1.82) is 0 Å². The molecule has 1 N–H and O–H groups in total. The summed E-state index contributed by atoms with van der Waals surface area (Å²) in [6, 6.07) is 17.9. The van der Waals surface area contributed by atoms with E-state index in [9.17, 15) is 4.79 Å². The molecule has 0 unspecified atom stereocenters. The van der Waals surface area contributed by atoms with Gasteiger partial charge in [0.25, 0.3) is 0 Å². The molecule has 31 heavy (non-hydrogen) atoms. The van der Waals surface area contributed by atoms with Gasteiger partial charge in [0.15, 0.2) is 11.6 Å². The molecular formula is C22H18N6O3. The zero-order chi connectivity index (χ0) is 21.2. The number of carbonyl (C=O) groups is 1. The van der Waals surface area contributed by atoms with E-state index < -0.39 is 6.16 Å². The summed E-state index contributed by atoms with van der Waals surface area (Å²) in [5.41, 5.74) is 3.74. The summed E-state index contributed by atoms with van der Waals surface area (Å²) in [5, 5.41) is 13.0. The van der Waals surface area contributed by atoms with Gasteiger partial charge in [0, 0.05) is 17.1 Å². The van der Waals surface area contributed by atoms with Gasteiger partial charge in [0.1, 0.15) is 11.8 Å². The quantitative estimate of drug-likeness (QED) is 0.434. The predicted molar refractivity (Wildman–Crippen MR) is 115 cm³/mol. The molecule has 3 heterocycles. The highest BCUT2D eigenvalue weighted by Gasteiger charge is 2.12. The van der Waals surface area contributed by atoms with Gasteiger partial charge in [-0.05, 0) is 23.8 Å². The van der Waals surface area contributed by atoms with Crippen LogP contribution in [0, 0.1) is 0 Å². The van der Waals surface area contributed by atoms with Crippen molar-refractivity contribution in [3.8, 4) is 5.75 Å². The average Bonchev–Trinajstić information content (AvgIpc) is 3.38. The molecule has 0 atom stereocenters. The molecule has 0 spiro atoms. The minimum atomic E-state index is -0.795. The van der Waals surface area contributed by atoms with E-state index >= 15 is 0 Å². The van der Waals surface area contributed by atoms with Crippen molar-refractivity contribution in [2.45, 2.75) is 6.54 Å². The van der Waals surface area contributed by atoms with E-state index in [1.54, 1.807) is 16.8 Å². The van der Waals surface area contributed by atoms with E-state index in [1.807, 2.05) is 47.3 Å². The second-order valence-electron chi connectivity index (χ2n) is 6.86. The maximum atomic E-state index is 11.4. The fraction of sp³-hybridized carbons (Fsp3) is 0.0909. The van der Waals surface area contributed by atoms with Gasteiger partial charge in [0.05, 0.1) is 31.6 Å². The molecule has 0 fully saturated rings. The van der Waals surface area contributed by atoms with E-state index in [4.69, 9.17) is 4.74 Å². The number of rotatable bonds is 5. The van der Waals surface area contributed by atoms with E-state index in [1.165, 1.54) is 19.0 Å². The largest absolute Gasteiger partial charge is 0.513 e. The highest BCUT2D eigenvalue weighted by atomic mass is 16.7. The number of hydrogen-bond donors (Lipinski definition) is 1. The maximum Gasteiger partial charge on any atom is 0.513 e. The zero-order valence-electron chi connectivity index (χ0n) is 16.6. The number of nitrogens with one attached hydrogen (secondary N) is 1. The summed E-state index contributed by atoms with van der Waals surface area (Å²) in [5.74, 6) is 0.888. The number of hydrogen-bond acceptors (Lipinski definition) is 7. The minimum Gasteiger partial charge on any atom is -0.437 e. The first-order valence-electron chi connectivity index (χ1n) is 9.55. The van der Waals surface area contributed by atoms with Crippen LogP contribution in [0.25, 0.3) is 16.4 Å². The topological polar surface area (TPSA) is 95.6 Å². The van der Waals surface area contributed by atoms with Crippen LogP contribution in [0.1, 0.15) is 5.56 Å². The van der Waals surface area contributed by atoms with Gasteiger partial charge in [-0.25, -0.2) is 14.3 Å². The molecular weight excluding hydrogens is 396 g/mol. The van der Waals surface area contributed by atoms with Crippen LogP contribution in [0.3, 0.4) is 0 Å². The van der Waals surface area contributed by atoms with Crippen LogP contribution >= 0.6 is 0 Å². The van der Waals surface area contributed by atoms with Crippen molar-refractivity contribution >= 4 is 34.1 Å². The van der Waals surface area contributed by atoms with Crippen molar-refractivity contribution in [2.75, 3.05) is 12.4 Å². The lowest BCUT2D eigenvalue weighted by Crippen LogP contribution is -2.06. The van der Waals surface area contributed by atoms with Crippen molar-refractivity contribution in [3.05, 3.63) is 78.9 Å². The number of carbonyl (C=O) groups excluding carboxylic acids is 1. The number of nitrogens with zero attached hydrogens (tertiary/aromatic N) is 5. The Balaban J connectivity index is 1.41. The molecule has 0 aliphatic heterocycles. The van der Waals surface area contributed by atoms with Crippen molar-refractivity contribution in [3.63, 3.8) is 0 Å². The van der Waals surface area contributed by atoms with Crippen LogP contribution in [0.15, 0.2) is 73.3 Å². The summed E-state index contributed by atoms with van der Waals surface area (Å²) >= 11 is 0. The number of benzene rings is 2. The molecule has 0 saturated heterocycles. The van der Waals surface area contributed by atoms with Gasteiger partial charge in [-0.1, -0.05) is 30.3 Å². The highest BCUT2D eigenvalue weighted by Crippen LogP contribution is 2.26. The third-order valence-electron chi connectivity index (χ3n) is 4.83. The minimum absolute atomic E-state index is 0.313. The molecule has 5 aromatic rings. The molecule has 3 aromatic heterocycles. The Kier molecular flexibility index (Phi) is 4.68. The van der Waals surface area contributed by atoms with Crippen LogP contribution < -0.4 is 10.1 Å². The average molecular weight is 414 g/mol. The smallest absolute Gasteiger partial charge is 0.437 e. The van der Waals surface area contributed by atoms with Gasteiger partial charge in [-0.3, -0.25) is 4.68 Å². The summed E-state index contributed by atoms with van der Waals surface area (Å²) in [7, 11) is 1.25. The Morgan fingerprint density at radius 3 is 2.77 bits per heavy atom. The van der Waals surface area contributed by atoms with Gasteiger partial charge in [0.2, 0.25) is 0 Å². The van der Waals surface area contributed by atoms with Crippen molar-refractivity contribution < 1.29 is 14.3 Å². The van der Waals surface area contributed by atoms with Crippen LogP contribution in [-0.2, 0) is 11.3 Å². The van der Waals surface area contributed by atoms with E-state index in [2.05, 4.69) is 37.4 Å². The summed E-state index contributed by atoms with van der Waals surface area (Å²) in [6.45, 7) is 0.705. The third-order valence-corrected chi connectivity index (χ3v) is 4.83. The second kappa shape index (κ2) is 7.79. The van der Waals surface area contributed by atoms with Gasteiger partial charge in [-0.15, -0.1) is 0 Å². The molecule has 0 aliphatic rings. The van der Waals surface area contributed by atoms with Gasteiger partial charge < -0.3 is 14.8 Å². The highest BCUT2D eigenvalue weighted by molar-refractivity contribution is 5.85. The normalized spacial score (nSPS) is 11.0. The zero-order valence-corrected chi connectivity index (χ0v) is 16.6. The molecule has 154 valence electrons. The third kappa shape index (κ3) is 3.76. The Morgan fingerprint density at radius 2 is 1.94 bits per heavy atom. The first kappa shape index (κ1) is 18.6. The van der Waals surface area contributed by atoms with E-state index in [0.29, 0.717) is 23.6 Å². The summed E-state index contributed by atoms with van der Waals surface area (Å²) in [6.07, 6.45) is 4.05. The first-order chi connectivity index (χ1) is 15.2. The molecule has 0 radical (unpaired) electrons. The second-order valence-corrected chi connectivity index (χ2v) is 6.86. The number of ether oxygens (including phenoxy) is 2. The predicted octanol–water partition coefficient (Wildman–Crippen LogP) is 4.02. The Morgan fingerprint density at radius 1 is 1.06 bits per heavy atom. The molecule has 2 aromatic carbocycles. The Labute approximate surface area is 176 Å². The number of aromatic nitrogens is 5. The number of fused-ring (bicyclic) bond motifs is 2. The SMILES string of the molecule is COC(=O)Oc1cc2c(Nc3ccc4c(cnn4Cc4ccccc4)c3)ncnn2c1. The molecule has 0 saturated carbocycles. The van der Waals surface area contributed by atoms with Crippen molar-refractivity contribution in [1.82, 2.24) is 24.4 Å². The van der Waals surface area contributed by atoms with Gasteiger partial charge in [-0.2, -0.15) is 10.2 Å². The molecule has 0 amide bonds. The summed E-state index contributed by atoms with van der Waals surface area (Å²) < 4.78 is 13.1. The number of methoxy groups -OCH3 is 1. The maximum absolute atomic E-state index is 11.4. The lowest BCUT2D eigenvalue weighted by atomic mass is 10.2. The monoisotopic (exact) mass is 414 g/mol. The summed E-state index contributed by atoms with van der Waals surface area (Å²) in [4.78, 5) is 15.7. The van der Waals surface area contributed by atoms with Crippen LogP contribution in [0.2, 0.25) is 0 Å². The fourth-order valence-electron chi connectivity index (χ4n) is 3.38. The lowest BCUT2D eigenvalue weighted by Gasteiger charge is -2.08. The molecule has 9 heteroatoms. The lowest BCUT2D eigenvalue weighted by molar-refractivity contribution is 0.121. The van der Waals surface area contributed by atoms with Crippen LogP contribution in [0.4, 0.5) is 16.3 Å². The Bertz CT molecular complexity index is 1380. The van der Waals surface area contributed by atoms with Crippen molar-refractivity contribution in [2.24, 2.45) is 0 Å². The molecule has 0 aliphatic carbocycles. The first-order valence-corrected chi connectivity index (χ1v) is 9.55. The van der Waals surface area contributed by atoms with Gasteiger partial charge >= 0.3 is 6.16 Å². The fourth-order valence-corrected chi connectivity index (χ4v) is 3.38. The standard InChI is InChI=1S/C22H18N6O3/c1-30-22(29)31-18-10-20-21(23-14-25-28(20)13-18)26-17-7-8-19-16(9-17)11-24-27(19)12-15-5-3-2-4-6-15/h2-11,13-14H,12H2,1H3,(H,23,25,26). The molecule has 9 nitrogen and oxygen atoms in total. The number of anilines is 2. The van der Waals surface area contributed by atoms with Crippen LogP contribution in [-0.4, -0.2) is 37.6 Å². The van der Waals surface area contributed by atoms with E-state index in [-0.39, 0.29) is 0 Å². The van der Waals surface area contributed by atoms with E-state index in [0.717, 1.165) is 16.6 Å². The Hall–Kier alpha value is -4.40. The molecule has 5 rings (SSSR count). The van der Waals surface area contributed by atoms with Crippen LogP contribution in [0.5, 0.6) is 5.75 Å². The molecule has 0 bridgehead atoms.